The Morgan fingerprint density at radius 2 is 1.73 bits per heavy atom. The summed E-state index contributed by atoms with van der Waals surface area (Å²) in [6.45, 7) is -0.0514. The van der Waals surface area contributed by atoms with Crippen LogP contribution in [-0.2, 0) is 16.1 Å². The van der Waals surface area contributed by atoms with Crippen LogP contribution in [0.15, 0.2) is 70.5 Å². The van der Waals surface area contributed by atoms with E-state index in [4.69, 9.17) is 4.74 Å². The van der Waals surface area contributed by atoms with Crippen molar-refractivity contribution in [3.05, 3.63) is 82.1 Å². The van der Waals surface area contributed by atoms with Crippen molar-refractivity contribution in [2.75, 3.05) is 0 Å². The number of fused-ring (bicyclic) bond motifs is 1. The third-order valence-corrected chi connectivity index (χ3v) is 3.62. The number of hydrogen-bond acceptors (Lipinski definition) is 4. The fraction of sp³-hybridized carbons (Fsp3) is 0.0526. The Bertz CT molecular complexity index is 1050. The van der Waals surface area contributed by atoms with Crippen molar-refractivity contribution in [3.8, 4) is 0 Å². The van der Waals surface area contributed by atoms with Gasteiger partial charge in [-0.2, -0.15) is 4.99 Å². The monoisotopic (exact) mass is 350 g/mol. The van der Waals surface area contributed by atoms with E-state index in [0.717, 1.165) is 5.56 Å². The lowest BCUT2D eigenvalue weighted by Crippen LogP contribution is -2.25. The van der Waals surface area contributed by atoms with E-state index in [1.807, 2.05) is 6.07 Å². The number of hydrogen-bond donors (Lipinski definition) is 2. The lowest BCUT2D eigenvalue weighted by molar-refractivity contribution is -0.129. The van der Waals surface area contributed by atoms with Crippen molar-refractivity contribution in [1.82, 2.24) is 4.98 Å². The predicted octanol–water partition coefficient (Wildman–Crippen LogP) is 2.74. The average molecular weight is 350 g/mol. The van der Waals surface area contributed by atoms with E-state index in [-0.39, 0.29) is 12.2 Å². The van der Waals surface area contributed by atoms with Gasteiger partial charge in [-0.15, -0.1) is 0 Å². The van der Waals surface area contributed by atoms with Crippen molar-refractivity contribution in [1.29, 1.82) is 0 Å². The van der Waals surface area contributed by atoms with Crippen LogP contribution in [0.1, 0.15) is 11.1 Å². The van der Waals surface area contributed by atoms with Crippen molar-refractivity contribution in [2.24, 2.45) is 4.99 Å². The first-order valence-electron chi connectivity index (χ1n) is 7.69. The number of aliphatic carboxylic acids is 1. The number of carbonyl (C=O) groups is 2. The second kappa shape index (κ2) is 7.43. The summed E-state index contributed by atoms with van der Waals surface area (Å²) >= 11 is 0. The molecule has 0 saturated heterocycles. The fourth-order valence-electron chi connectivity index (χ4n) is 2.39. The van der Waals surface area contributed by atoms with Crippen molar-refractivity contribution in [2.45, 2.75) is 6.61 Å². The standard InChI is InChI=1S/C19H14N2O5/c22-17-14(10-13-8-4-5-9-15(13)20-17)16(18(23)24)21-19(25)26-11-12-6-2-1-3-7-12/h1-10H,11H2,(H,20,22)(H,23,24). The number of carboxylic acids is 1. The number of pyridine rings is 1. The van der Waals surface area contributed by atoms with Gasteiger partial charge in [0, 0.05) is 5.52 Å². The minimum Gasteiger partial charge on any atom is -0.476 e. The van der Waals surface area contributed by atoms with Gasteiger partial charge < -0.3 is 14.8 Å². The number of H-pyrrole nitrogens is 1. The molecule has 0 aliphatic carbocycles. The van der Waals surface area contributed by atoms with Crippen LogP contribution in [0.5, 0.6) is 0 Å². The highest BCUT2D eigenvalue weighted by atomic mass is 16.5. The molecule has 0 aliphatic rings. The summed E-state index contributed by atoms with van der Waals surface area (Å²) < 4.78 is 4.96. The van der Waals surface area contributed by atoms with E-state index in [0.29, 0.717) is 10.9 Å². The van der Waals surface area contributed by atoms with Gasteiger partial charge in [0.2, 0.25) is 0 Å². The molecule has 0 fully saturated rings. The van der Waals surface area contributed by atoms with Gasteiger partial charge in [-0.25, -0.2) is 9.59 Å². The Hall–Kier alpha value is -3.74. The van der Waals surface area contributed by atoms with Gasteiger partial charge in [-0.05, 0) is 23.1 Å². The quantitative estimate of drug-likeness (QED) is 0.703. The molecule has 0 radical (unpaired) electrons. The molecular formula is C19H14N2O5. The first-order valence-corrected chi connectivity index (χ1v) is 7.69. The largest absolute Gasteiger partial charge is 0.476 e. The van der Waals surface area contributed by atoms with Gasteiger partial charge in [0.05, 0.1) is 5.56 Å². The number of carboxylic acid groups (broad SMARTS) is 1. The summed E-state index contributed by atoms with van der Waals surface area (Å²) in [6.07, 6.45) is -1.08. The summed E-state index contributed by atoms with van der Waals surface area (Å²) in [5.74, 6) is -1.50. The molecule has 0 atom stereocenters. The van der Waals surface area contributed by atoms with Crippen molar-refractivity contribution < 1.29 is 19.4 Å². The summed E-state index contributed by atoms with van der Waals surface area (Å²) in [5, 5.41) is 9.99. The average Bonchev–Trinajstić information content (AvgIpc) is 2.65. The Balaban J connectivity index is 1.90. The number of amides is 1. The molecule has 3 aromatic rings. The lowest BCUT2D eigenvalue weighted by atomic mass is 10.1. The van der Waals surface area contributed by atoms with Crippen LogP contribution in [0.2, 0.25) is 0 Å². The van der Waals surface area contributed by atoms with Crippen LogP contribution < -0.4 is 5.56 Å². The molecule has 0 bridgehead atoms. The number of aromatic amines is 1. The molecule has 2 aromatic carbocycles. The Labute approximate surface area is 147 Å². The summed E-state index contributed by atoms with van der Waals surface area (Å²) in [7, 11) is 0. The molecule has 1 aromatic heterocycles. The second-order valence-corrected chi connectivity index (χ2v) is 5.41. The first-order chi connectivity index (χ1) is 12.5. The molecule has 3 rings (SSSR count). The highest BCUT2D eigenvalue weighted by Crippen LogP contribution is 2.11. The van der Waals surface area contributed by atoms with Gasteiger partial charge in [0.25, 0.3) is 5.56 Å². The van der Waals surface area contributed by atoms with Gasteiger partial charge >= 0.3 is 12.1 Å². The molecule has 7 nitrogen and oxygen atoms in total. The Kier molecular flexibility index (Phi) is 4.89. The number of ether oxygens (including phenoxy) is 1. The summed E-state index contributed by atoms with van der Waals surface area (Å²) in [6, 6.07) is 17.2. The third kappa shape index (κ3) is 3.84. The predicted molar refractivity (Wildman–Crippen MR) is 95.4 cm³/mol. The maximum absolute atomic E-state index is 12.2. The molecule has 26 heavy (non-hydrogen) atoms. The number of aromatic nitrogens is 1. The number of aliphatic imine (C=N–C) groups is 1. The van der Waals surface area contributed by atoms with Gasteiger partial charge in [0.15, 0.2) is 5.71 Å². The van der Waals surface area contributed by atoms with E-state index < -0.39 is 23.3 Å². The zero-order chi connectivity index (χ0) is 18.5. The first kappa shape index (κ1) is 17.1. The minimum absolute atomic E-state index is 0.0514. The SMILES string of the molecule is O=C(N=C(C(=O)O)c1cc2ccccc2[nH]c1=O)OCc1ccccc1. The second-order valence-electron chi connectivity index (χ2n) is 5.41. The number of nitrogens with one attached hydrogen (secondary N) is 1. The minimum atomic E-state index is -1.50. The van der Waals surface area contributed by atoms with E-state index >= 15 is 0 Å². The summed E-state index contributed by atoms with van der Waals surface area (Å²) in [4.78, 5) is 41.6. The highest BCUT2D eigenvalue weighted by Gasteiger charge is 2.19. The molecule has 1 amide bonds. The van der Waals surface area contributed by atoms with Crippen LogP contribution >= 0.6 is 0 Å². The zero-order valence-corrected chi connectivity index (χ0v) is 13.5. The fourth-order valence-corrected chi connectivity index (χ4v) is 2.39. The molecule has 0 spiro atoms. The van der Waals surface area contributed by atoms with Gasteiger partial charge in [-0.1, -0.05) is 48.5 Å². The van der Waals surface area contributed by atoms with Crippen LogP contribution in [-0.4, -0.2) is 27.9 Å². The highest BCUT2D eigenvalue weighted by molar-refractivity contribution is 6.44. The molecule has 0 unspecified atom stereocenters. The van der Waals surface area contributed by atoms with Gasteiger partial charge in [-0.3, -0.25) is 4.79 Å². The van der Waals surface area contributed by atoms with Crippen LogP contribution in [0.4, 0.5) is 4.79 Å². The van der Waals surface area contributed by atoms with Crippen molar-refractivity contribution in [3.63, 3.8) is 0 Å². The van der Waals surface area contributed by atoms with E-state index in [1.165, 1.54) is 6.07 Å². The van der Waals surface area contributed by atoms with Crippen LogP contribution in [0, 0.1) is 0 Å². The summed E-state index contributed by atoms with van der Waals surface area (Å²) in [5.41, 5.74) is -0.252. The number of para-hydroxylation sites is 1. The molecule has 7 heteroatoms. The van der Waals surface area contributed by atoms with Crippen LogP contribution in [0.3, 0.4) is 0 Å². The molecular weight excluding hydrogens is 336 g/mol. The number of carbonyl (C=O) groups excluding carboxylic acids is 1. The number of rotatable bonds is 4. The maximum atomic E-state index is 12.2. The van der Waals surface area contributed by atoms with Crippen molar-refractivity contribution >= 4 is 28.7 Å². The molecule has 0 aliphatic heterocycles. The molecule has 2 N–H and O–H groups in total. The molecule has 0 saturated carbocycles. The number of benzene rings is 2. The Morgan fingerprint density at radius 3 is 2.46 bits per heavy atom. The Morgan fingerprint density at radius 1 is 1.04 bits per heavy atom. The molecule has 1 heterocycles. The van der Waals surface area contributed by atoms with Crippen LogP contribution in [0.25, 0.3) is 10.9 Å². The smallest absolute Gasteiger partial charge is 0.434 e. The molecule has 130 valence electrons. The third-order valence-electron chi connectivity index (χ3n) is 3.62. The normalized spacial score (nSPS) is 11.3. The lowest BCUT2D eigenvalue weighted by Gasteiger charge is -2.05. The van der Waals surface area contributed by atoms with E-state index in [9.17, 15) is 19.5 Å². The number of nitrogens with zero attached hydrogens (tertiary/aromatic N) is 1. The maximum Gasteiger partial charge on any atom is 0.434 e. The zero-order valence-electron chi connectivity index (χ0n) is 13.5. The topological polar surface area (TPSA) is 109 Å². The van der Waals surface area contributed by atoms with Gasteiger partial charge in [0.1, 0.15) is 6.61 Å². The van der Waals surface area contributed by atoms with E-state index in [1.54, 1.807) is 48.5 Å². The van der Waals surface area contributed by atoms with E-state index in [2.05, 4.69) is 9.98 Å².